The lowest BCUT2D eigenvalue weighted by Crippen LogP contribution is -2.16. The number of aryl methyl sites for hydroxylation is 1. The maximum absolute atomic E-state index is 12.8. The zero-order valence-electron chi connectivity index (χ0n) is 15.7. The van der Waals surface area contributed by atoms with Crippen molar-refractivity contribution in [2.45, 2.75) is 44.4 Å². The van der Waals surface area contributed by atoms with Crippen LogP contribution in [-0.4, -0.2) is 26.7 Å². The third-order valence-corrected chi connectivity index (χ3v) is 6.21. The van der Waals surface area contributed by atoms with Crippen molar-refractivity contribution in [1.82, 2.24) is 0 Å². The van der Waals surface area contributed by atoms with E-state index >= 15 is 0 Å². The van der Waals surface area contributed by atoms with Gasteiger partial charge in [0.1, 0.15) is 6.61 Å². The highest BCUT2D eigenvalue weighted by Crippen LogP contribution is 2.30. The van der Waals surface area contributed by atoms with Crippen LogP contribution in [0, 0.1) is 6.92 Å². The van der Waals surface area contributed by atoms with Crippen molar-refractivity contribution in [2.75, 3.05) is 12.4 Å². The standard InChI is InChI=1S/C21H25ClO4S/c1-3-4-5-6-21(23)26-13-14-27(24,25)20-12-7-16(2)15-19(20)17-8-10-18(22)11-9-17/h7-12,15H,3-6,13-14H2,1-2H3. The van der Waals surface area contributed by atoms with Gasteiger partial charge in [-0.3, -0.25) is 4.79 Å². The normalized spacial score (nSPS) is 11.4. The van der Waals surface area contributed by atoms with E-state index in [-0.39, 0.29) is 23.2 Å². The molecule has 0 fully saturated rings. The smallest absolute Gasteiger partial charge is 0.305 e. The highest BCUT2D eigenvalue weighted by atomic mass is 35.5. The number of benzene rings is 2. The second-order valence-corrected chi connectivity index (χ2v) is 9.02. The number of hydrogen-bond acceptors (Lipinski definition) is 4. The molecule has 0 unspecified atom stereocenters. The Morgan fingerprint density at radius 2 is 1.78 bits per heavy atom. The van der Waals surface area contributed by atoms with Crippen molar-refractivity contribution in [1.29, 1.82) is 0 Å². The van der Waals surface area contributed by atoms with E-state index in [1.165, 1.54) is 0 Å². The molecule has 2 aromatic rings. The average molecular weight is 409 g/mol. The van der Waals surface area contributed by atoms with E-state index in [9.17, 15) is 13.2 Å². The number of esters is 1. The maximum atomic E-state index is 12.8. The SMILES string of the molecule is CCCCCC(=O)OCCS(=O)(=O)c1ccc(C)cc1-c1ccc(Cl)cc1. The van der Waals surface area contributed by atoms with Crippen LogP contribution < -0.4 is 0 Å². The first-order valence-electron chi connectivity index (χ1n) is 9.08. The van der Waals surface area contributed by atoms with Crippen LogP contribution in [0.2, 0.25) is 5.02 Å². The van der Waals surface area contributed by atoms with Gasteiger partial charge in [0.15, 0.2) is 9.84 Å². The quantitative estimate of drug-likeness (QED) is 0.422. The Balaban J connectivity index is 2.14. The lowest BCUT2D eigenvalue weighted by atomic mass is 10.0. The molecular weight excluding hydrogens is 384 g/mol. The Bertz CT molecular complexity index is 874. The van der Waals surface area contributed by atoms with E-state index in [2.05, 4.69) is 6.92 Å². The maximum Gasteiger partial charge on any atom is 0.305 e. The van der Waals surface area contributed by atoms with Gasteiger partial charge in [-0.25, -0.2) is 8.42 Å². The fourth-order valence-electron chi connectivity index (χ4n) is 2.74. The number of rotatable bonds is 9. The van der Waals surface area contributed by atoms with E-state index in [1.807, 2.05) is 13.0 Å². The van der Waals surface area contributed by atoms with Crippen molar-refractivity contribution >= 4 is 27.4 Å². The van der Waals surface area contributed by atoms with Gasteiger partial charge in [-0.2, -0.15) is 0 Å². The Morgan fingerprint density at radius 3 is 2.44 bits per heavy atom. The summed E-state index contributed by atoms with van der Waals surface area (Å²) in [6, 6.07) is 12.3. The average Bonchev–Trinajstić information content (AvgIpc) is 2.62. The highest BCUT2D eigenvalue weighted by molar-refractivity contribution is 7.91. The zero-order valence-corrected chi connectivity index (χ0v) is 17.3. The van der Waals surface area contributed by atoms with Gasteiger partial charge in [-0.15, -0.1) is 0 Å². The largest absolute Gasteiger partial charge is 0.465 e. The minimum atomic E-state index is -3.60. The molecule has 4 nitrogen and oxygen atoms in total. The molecule has 0 heterocycles. The molecule has 0 aliphatic heterocycles. The molecule has 0 spiro atoms. The second-order valence-electron chi connectivity index (χ2n) is 6.50. The number of carbonyl (C=O) groups is 1. The molecule has 0 aliphatic rings. The molecule has 0 saturated carbocycles. The van der Waals surface area contributed by atoms with Crippen LogP contribution >= 0.6 is 11.6 Å². The summed E-state index contributed by atoms with van der Waals surface area (Å²) in [7, 11) is -3.60. The van der Waals surface area contributed by atoms with E-state index in [4.69, 9.17) is 16.3 Å². The van der Waals surface area contributed by atoms with Crippen LogP contribution in [0.5, 0.6) is 0 Å². The van der Waals surface area contributed by atoms with E-state index < -0.39 is 9.84 Å². The molecule has 0 radical (unpaired) electrons. The molecular formula is C21H25ClO4S. The highest BCUT2D eigenvalue weighted by Gasteiger charge is 2.20. The van der Waals surface area contributed by atoms with Crippen LogP contribution in [0.15, 0.2) is 47.4 Å². The number of carbonyl (C=O) groups excluding carboxylic acids is 1. The van der Waals surface area contributed by atoms with Crippen LogP contribution in [0.1, 0.15) is 38.2 Å². The molecule has 27 heavy (non-hydrogen) atoms. The first kappa shape index (κ1) is 21.5. The summed E-state index contributed by atoms with van der Waals surface area (Å²) in [6.07, 6.45) is 3.07. The lowest BCUT2D eigenvalue weighted by Gasteiger charge is -2.12. The van der Waals surface area contributed by atoms with Gasteiger partial charge in [0.25, 0.3) is 0 Å². The third kappa shape index (κ3) is 6.36. The van der Waals surface area contributed by atoms with Gasteiger partial charge in [0, 0.05) is 17.0 Å². The van der Waals surface area contributed by atoms with Crippen molar-refractivity contribution in [3.63, 3.8) is 0 Å². The van der Waals surface area contributed by atoms with Gasteiger partial charge in [-0.05, 0) is 37.1 Å². The van der Waals surface area contributed by atoms with Crippen molar-refractivity contribution < 1.29 is 17.9 Å². The second kappa shape index (κ2) is 9.90. The molecule has 0 N–H and O–H groups in total. The fourth-order valence-corrected chi connectivity index (χ4v) is 4.17. The Kier molecular flexibility index (Phi) is 7.87. The molecule has 2 rings (SSSR count). The van der Waals surface area contributed by atoms with E-state index in [0.29, 0.717) is 17.0 Å². The van der Waals surface area contributed by atoms with Crippen molar-refractivity contribution in [3.8, 4) is 11.1 Å². The number of halogens is 1. The monoisotopic (exact) mass is 408 g/mol. The molecule has 0 saturated heterocycles. The summed E-state index contributed by atoms with van der Waals surface area (Å²) >= 11 is 5.94. The summed E-state index contributed by atoms with van der Waals surface area (Å²) in [4.78, 5) is 11.9. The summed E-state index contributed by atoms with van der Waals surface area (Å²) in [5, 5.41) is 0.589. The number of hydrogen-bond donors (Lipinski definition) is 0. The molecule has 0 amide bonds. The molecule has 6 heteroatoms. The zero-order chi connectivity index (χ0) is 19.9. The Morgan fingerprint density at radius 1 is 1.07 bits per heavy atom. The molecule has 0 aliphatic carbocycles. The lowest BCUT2D eigenvalue weighted by molar-refractivity contribution is -0.143. The summed E-state index contributed by atoms with van der Waals surface area (Å²) in [6.45, 7) is 3.83. The van der Waals surface area contributed by atoms with Gasteiger partial charge < -0.3 is 4.74 Å². The van der Waals surface area contributed by atoms with E-state index in [0.717, 1.165) is 30.4 Å². The van der Waals surface area contributed by atoms with Gasteiger partial charge >= 0.3 is 5.97 Å². The van der Waals surface area contributed by atoms with Crippen LogP contribution in [0.4, 0.5) is 0 Å². The molecule has 2 aromatic carbocycles. The minimum Gasteiger partial charge on any atom is -0.465 e. The van der Waals surface area contributed by atoms with Crippen molar-refractivity contribution in [3.05, 3.63) is 53.1 Å². The van der Waals surface area contributed by atoms with Crippen LogP contribution in [0.3, 0.4) is 0 Å². The van der Waals surface area contributed by atoms with Gasteiger partial charge in [0.05, 0.1) is 10.6 Å². The summed E-state index contributed by atoms with van der Waals surface area (Å²) < 4.78 is 30.8. The fraction of sp³-hybridized carbons (Fsp3) is 0.381. The third-order valence-electron chi connectivity index (χ3n) is 4.22. The Labute approximate surface area is 166 Å². The number of ether oxygens (including phenoxy) is 1. The van der Waals surface area contributed by atoms with Crippen LogP contribution in [0.25, 0.3) is 11.1 Å². The minimum absolute atomic E-state index is 0.138. The molecule has 146 valence electrons. The molecule has 0 bridgehead atoms. The Hall–Kier alpha value is -1.85. The first-order chi connectivity index (χ1) is 12.8. The number of sulfone groups is 1. The van der Waals surface area contributed by atoms with Gasteiger partial charge in [-0.1, -0.05) is 61.2 Å². The summed E-state index contributed by atoms with van der Waals surface area (Å²) in [5.41, 5.74) is 2.36. The molecule has 0 atom stereocenters. The predicted octanol–water partition coefficient (Wildman–Crippen LogP) is 5.21. The van der Waals surface area contributed by atoms with Crippen LogP contribution in [-0.2, 0) is 19.4 Å². The number of unbranched alkanes of at least 4 members (excludes halogenated alkanes) is 2. The summed E-state index contributed by atoms with van der Waals surface area (Å²) in [5.74, 6) is -0.587. The molecule has 0 aromatic heterocycles. The van der Waals surface area contributed by atoms with Gasteiger partial charge in [0.2, 0.25) is 0 Å². The predicted molar refractivity (Wildman–Crippen MR) is 109 cm³/mol. The van der Waals surface area contributed by atoms with E-state index in [1.54, 1.807) is 36.4 Å². The van der Waals surface area contributed by atoms with Crippen molar-refractivity contribution in [2.24, 2.45) is 0 Å². The first-order valence-corrected chi connectivity index (χ1v) is 11.1. The topological polar surface area (TPSA) is 60.4 Å².